The summed E-state index contributed by atoms with van der Waals surface area (Å²) in [6.45, 7) is 9.64. The van der Waals surface area contributed by atoms with Crippen molar-refractivity contribution in [2.24, 2.45) is 11.8 Å². The van der Waals surface area contributed by atoms with E-state index >= 15 is 0 Å². The quantitative estimate of drug-likeness (QED) is 0.535. The van der Waals surface area contributed by atoms with E-state index in [1.54, 1.807) is 0 Å². The number of alkyl halides is 1. The Morgan fingerprint density at radius 1 is 1.17 bits per heavy atom. The van der Waals surface area contributed by atoms with Gasteiger partial charge in [-0.25, -0.2) is 0 Å². The summed E-state index contributed by atoms with van der Waals surface area (Å²) in [5, 5.41) is 1.17. The zero-order chi connectivity index (χ0) is 13.4. The fourth-order valence-corrected chi connectivity index (χ4v) is 3.60. The molecule has 1 nitrogen and oxygen atoms in total. The average Bonchev–Trinajstić information content (AvgIpc) is 2.86. The fourth-order valence-electron chi connectivity index (χ4n) is 3.07. The molecule has 0 aliphatic heterocycles. The minimum atomic E-state index is 0.836. The van der Waals surface area contributed by atoms with Crippen LogP contribution in [0.15, 0.2) is 0 Å². The summed E-state index contributed by atoms with van der Waals surface area (Å²) in [6, 6.07) is 0.891. The summed E-state index contributed by atoms with van der Waals surface area (Å²) in [6.07, 6.45) is 9.84. The second-order valence-corrected chi connectivity index (χ2v) is 7.07. The topological polar surface area (TPSA) is 3.24 Å². The van der Waals surface area contributed by atoms with Gasteiger partial charge in [0.05, 0.1) is 0 Å². The van der Waals surface area contributed by atoms with E-state index < -0.39 is 0 Å². The lowest BCUT2D eigenvalue weighted by atomic mass is 10.0. The summed E-state index contributed by atoms with van der Waals surface area (Å²) in [5.41, 5.74) is 0. The van der Waals surface area contributed by atoms with Gasteiger partial charge in [0, 0.05) is 17.9 Å². The van der Waals surface area contributed by atoms with Gasteiger partial charge < -0.3 is 4.90 Å². The highest BCUT2D eigenvalue weighted by molar-refractivity contribution is 9.09. The van der Waals surface area contributed by atoms with E-state index in [1.165, 1.54) is 63.4 Å². The minimum absolute atomic E-state index is 0.836. The first-order valence-corrected chi connectivity index (χ1v) is 9.09. The molecular weight excluding hydrogens is 286 g/mol. The Labute approximate surface area is 123 Å². The Morgan fingerprint density at radius 3 is 2.33 bits per heavy atom. The molecule has 1 unspecified atom stereocenters. The smallest absolute Gasteiger partial charge is 0.00953 e. The fraction of sp³-hybridized carbons (Fsp3) is 1.00. The van der Waals surface area contributed by atoms with Crippen molar-refractivity contribution in [2.75, 3.05) is 18.4 Å². The van der Waals surface area contributed by atoms with Crippen molar-refractivity contribution in [1.82, 2.24) is 4.90 Å². The molecule has 0 bridgehead atoms. The minimum Gasteiger partial charge on any atom is -0.300 e. The Bertz CT molecular complexity index is 199. The van der Waals surface area contributed by atoms with Crippen molar-refractivity contribution in [3.8, 4) is 0 Å². The largest absolute Gasteiger partial charge is 0.300 e. The van der Waals surface area contributed by atoms with Crippen LogP contribution < -0.4 is 0 Å². The molecule has 1 saturated carbocycles. The van der Waals surface area contributed by atoms with Crippen LogP contribution in [0.25, 0.3) is 0 Å². The average molecular weight is 318 g/mol. The molecule has 18 heavy (non-hydrogen) atoms. The molecule has 0 saturated heterocycles. The molecule has 1 fully saturated rings. The van der Waals surface area contributed by atoms with E-state index in [0.29, 0.717) is 0 Å². The molecule has 1 aliphatic carbocycles. The van der Waals surface area contributed by atoms with Crippen LogP contribution in [0.1, 0.15) is 65.7 Å². The molecule has 108 valence electrons. The molecule has 0 aromatic rings. The monoisotopic (exact) mass is 317 g/mol. The van der Waals surface area contributed by atoms with E-state index in [4.69, 9.17) is 0 Å². The zero-order valence-electron chi connectivity index (χ0n) is 12.6. The molecule has 0 spiro atoms. The van der Waals surface area contributed by atoms with Crippen LogP contribution in [0, 0.1) is 11.8 Å². The predicted molar refractivity (Wildman–Crippen MR) is 85.5 cm³/mol. The van der Waals surface area contributed by atoms with Gasteiger partial charge in [0.25, 0.3) is 0 Å². The third-order valence-corrected chi connectivity index (χ3v) is 5.16. The maximum Gasteiger partial charge on any atom is 0.00953 e. The predicted octanol–water partition coefficient (Wildman–Crippen LogP) is 5.09. The van der Waals surface area contributed by atoms with Gasteiger partial charge >= 0.3 is 0 Å². The molecule has 2 heteroatoms. The number of nitrogens with zero attached hydrogens (tertiary/aromatic N) is 1. The van der Waals surface area contributed by atoms with Crippen LogP contribution in [-0.2, 0) is 0 Å². The first-order valence-electron chi connectivity index (χ1n) is 7.97. The second-order valence-electron chi connectivity index (χ2n) is 6.42. The molecule has 0 aromatic carbocycles. The van der Waals surface area contributed by atoms with Crippen LogP contribution in [0.4, 0.5) is 0 Å². The molecular formula is C16H32BrN. The number of rotatable bonds is 9. The van der Waals surface area contributed by atoms with Crippen LogP contribution in [0.3, 0.4) is 0 Å². The number of hydrogen-bond acceptors (Lipinski definition) is 1. The van der Waals surface area contributed by atoms with Gasteiger partial charge in [-0.05, 0) is 44.1 Å². The van der Waals surface area contributed by atoms with E-state index in [2.05, 4.69) is 41.6 Å². The Kier molecular flexibility index (Phi) is 8.58. The molecule has 1 aliphatic rings. The van der Waals surface area contributed by atoms with Crippen molar-refractivity contribution < 1.29 is 0 Å². The maximum absolute atomic E-state index is 3.71. The summed E-state index contributed by atoms with van der Waals surface area (Å²) in [7, 11) is 0. The van der Waals surface area contributed by atoms with Gasteiger partial charge in [-0.1, -0.05) is 56.0 Å². The first kappa shape index (κ1) is 16.5. The van der Waals surface area contributed by atoms with Crippen molar-refractivity contribution in [2.45, 2.75) is 71.8 Å². The van der Waals surface area contributed by atoms with E-state index in [0.717, 1.165) is 17.9 Å². The molecule has 0 amide bonds. The molecule has 0 radical (unpaired) electrons. The highest BCUT2D eigenvalue weighted by Crippen LogP contribution is 2.26. The molecule has 0 heterocycles. The SMILES string of the molecule is CCCC(CBr)CN(CCC(C)C)C1CCCC1. The standard InChI is InChI=1S/C16H32BrN/c1-4-7-15(12-17)13-18(11-10-14(2)3)16-8-5-6-9-16/h14-16H,4-13H2,1-3H3. The Hall–Kier alpha value is 0.440. The highest BCUT2D eigenvalue weighted by atomic mass is 79.9. The van der Waals surface area contributed by atoms with E-state index in [-0.39, 0.29) is 0 Å². The van der Waals surface area contributed by atoms with Crippen molar-refractivity contribution in [3.05, 3.63) is 0 Å². The van der Waals surface area contributed by atoms with Gasteiger partial charge in [0.1, 0.15) is 0 Å². The summed E-state index contributed by atoms with van der Waals surface area (Å²) in [4.78, 5) is 2.81. The third kappa shape index (κ3) is 6.06. The van der Waals surface area contributed by atoms with Gasteiger partial charge in [-0.3, -0.25) is 0 Å². The normalized spacial score (nSPS) is 19.0. The van der Waals surface area contributed by atoms with Crippen LogP contribution >= 0.6 is 15.9 Å². The summed E-state index contributed by atoms with van der Waals surface area (Å²) >= 11 is 3.71. The van der Waals surface area contributed by atoms with Crippen LogP contribution in [0.2, 0.25) is 0 Å². The third-order valence-electron chi connectivity index (χ3n) is 4.24. The lowest BCUT2D eigenvalue weighted by Crippen LogP contribution is -2.38. The molecule has 1 rings (SSSR count). The van der Waals surface area contributed by atoms with Crippen molar-refractivity contribution in [3.63, 3.8) is 0 Å². The van der Waals surface area contributed by atoms with Crippen molar-refractivity contribution >= 4 is 15.9 Å². The Balaban J connectivity index is 2.46. The van der Waals surface area contributed by atoms with Crippen molar-refractivity contribution in [1.29, 1.82) is 0 Å². The molecule has 1 atom stereocenters. The van der Waals surface area contributed by atoms with E-state index in [1.807, 2.05) is 0 Å². The van der Waals surface area contributed by atoms with Crippen LogP contribution in [0.5, 0.6) is 0 Å². The number of hydrogen-bond donors (Lipinski definition) is 0. The highest BCUT2D eigenvalue weighted by Gasteiger charge is 2.24. The second kappa shape index (κ2) is 9.36. The van der Waals surface area contributed by atoms with Crippen LogP contribution in [-0.4, -0.2) is 29.4 Å². The van der Waals surface area contributed by atoms with Gasteiger partial charge in [-0.15, -0.1) is 0 Å². The van der Waals surface area contributed by atoms with E-state index in [9.17, 15) is 0 Å². The molecule has 0 N–H and O–H groups in total. The lowest BCUT2D eigenvalue weighted by Gasteiger charge is -2.32. The van der Waals surface area contributed by atoms with Gasteiger partial charge in [0.2, 0.25) is 0 Å². The first-order chi connectivity index (χ1) is 8.67. The summed E-state index contributed by atoms with van der Waals surface area (Å²) < 4.78 is 0. The Morgan fingerprint density at radius 2 is 1.83 bits per heavy atom. The lowest BCUT2D eigenvalue weighted by molar-refractivity contribution is 0.162. The summed E-state index contributed by atoms with van der Waals surface area (Å²) in [5.74, 6) is 1.69. The zero-order valence-corrected chi connectivity index (χ0v) is 14.2. The number of halogens is 1. The molecule has 0 aromatic heterocycles. The maximum atomic E-state index is 3.71. The van der Waals surface area contributed by atoms with Gasteiger partial charge in [-0.2, -0.15) is 0 Å². The van der Waals surface area contributed by atoms with Gasteiger partial charge in [0.15, 0.2) is 0 Å².